The first-order chi connectivity index (χ1) is 16.0. The summed E-state index contributed by atoms with van der Waals surface area (Å²) in [4.78, 5) is 18.1. The second-order valence-electron chi connectivity index (χ2n) is 9.22. The molecule has 0 radical (unpaired) electrons. The summed E-state index contributed by atoms with van der Waals surface area (Å²) in [5.41, 5.74) is 7.16. The number of fused-ring (bicyclic) bond motifs is 1. The molecule has 182 valence electrons. The molecule has 1 aliphatic heterocycles. The number of nitrogens with two attached hydrogens (primary N) is 1. The van der Waals surface area contributed by atoms with E-state index in [2.05, 4.69) is 32.2 Å². The molecule has 34 heavy (non-hydrogen) atoms. The van der Waals surface area contributed by atoms with E-state index in [1.807, 2.05) is 20.2 Å². The zero-order valence-corrected chi connectivity index (χ0v) is 19.8. The van der Waals surface area contributed by atoms with Crippen LogP contribution in [-0.2, 0) is 6.18 Å². The van der Waals surface area contributed by atoms with Crippen molar-refractivity contribution in [2.75, 3.05) is 50.2 Å². The number of likely N-dealkylation sites (tertiary alicyclic amines) is 1. The van der Waals surface area contributed by atoms with Crippen molar-refractivity contribution in [1.29, 1.82) is 0 Å². The Morgan fingerprint density at radius 1 is 1.12 bits per heavy atom. The molecule has 2 aromatic heterocycles. The maximum atomic E-state index is 13.3. The Labute approximate surface area is 197 Å². The summed E-state index contributed by atoms with van der Waals surface area (Å²) in [6.45, 7) is 3.82. The number of hydrogen-bond donors (Lipinski definition) is 2. The molecule has 10 heteroatoms. The van der Waals surface area contributed by atoms with E-state index in [0.717, 1.165) is 49.1 Å². The molecule has 3 heterocycles. The normalized spacial score (nSPS) is 16.6. The molecule has 1 aromatic carbocycles. The topological polar surface area (TPSA) is 83.2 Å². The Morgan fingerprint density at radius 3 is 2.47 bits per heavy atom. The van der Waals surface area contributed by atoms with Gasteiger partial charge in [0.1, 0.15) is 5.82 Å². The maximum Gasteiger partial charge on any atom is 0.416 e. The fraction of sp³-hybridized carbons (Fsp3) is 0.458. The van der Waals surface area contributed by atoms with Crippen molar-refractivity contribution >= 4 is 28.4 Å². The first-order valence-corrected chi connectivity index (χ1v) is 11.3. The Kier molecular flexibility index (Phi) is 6.53. The molecule has 1 atom stereocenters. The average molecular weight is 474 g/mol. The van der Waals surface area contributed by atoms with Crippen molar-refractivity contribution in [3.8, 4) is 0 Å². The monoisotopic (exact) mass is 473 g/mol. The van der Waals surface area contributed by atoms with E-state index in [1.54, 1.807) is 24.1 Å². The number of rotatable bonds is 5. The van der Waals surface area contributed by atoms with Gasteiger partial charge in [0.15, 0.2) is 0 Å². The highest BCUT2D eigenvalue weighted by atomic mass is 19.4. The molecule has 1 fully saturated rings. The van der Waals surface area contributed by atoms with Gasteiger partial charge in [0.2, 0.25) is 5.95 Å². The van der Waals surface area contributed by atoms with Crippen LogP contribution in [0.25, 0.3) is 10.9 Å². The van der Waals surface area contributed by atoms with E-state index in [1.165, 1.54) is 0 Å². The summed E-state index contributed by atoms with van der Waals surface area (Å²) in [5.74, 6) is 1.39. The fourth-order valence-electron chi connectivity index (χ4n) is 4.25. The van der Waals surface area contributed by atoms with Gasteiger partial charge in [-0.15, -0.1) is 0 Å². The van der Waals surface area contributed by atoms with Gasteiger partial charge in [-0.2, -0.15) is 18.2 Å². The van der Waals surface area contributed by atoms with Crippen LogP contribution >= 0.6 is 0 Å². The number of nitrogens with zero attached hydrogens (tertiary/aromatic N) is 5. The van der Waals surface area contributed by atoms with Crippen molar-refractivity contribution in [1.82, 2.24) is 19.9 Å². The summed E-state index contributed by atoms with van der Waals surface area (Å²) in [5, 5.41) is 4.10. The Morgan fingerprint density at radius 2 is 1.82 bits per heavy atom. The number of piperidine rings is 1. The quantitative estimate of drug-likeness (QED) is 0.521. The summed E-state index contributed by atoms with van der Waals surface area (Å²) in [6.07, 6.45) is -0.670. The van der Waals surface area contributed by atoms with Crippen LogP contribution in [0, 0.1) is 0 Å². The van der Waals surface area contributed by atoms with Gasteiger partial charge in [-0.1, -0.05) is 0 Å². The summed E-state index contributed by atoms with van der Waals surface area (Å²) in [6, 6.07) is 5.16. The van der Waals surface area contributed by atoms with Gasteiger partial charge in [0.25, 0.3) is 0 Å². The number of anilines is 3. The number of pyridine rings is 1. The highest BCUT2D eigenvalue weighted by Crippen LogP contribution is 2.35. The zero-order valence-electron chi connectivity index (χ0n) is 19.8. The predicted octanol–water partition coefficient (Wildman–Crippen LogP) is 4.67. The third kappa shape index (κ3) is 5.16. The molecular formula is C24H30F3N7. The number of nitrogens with one attached hydrogen (secondary N) is 1. The summed E-state index contributed by atoms with van der Waals surface area (Å²) >= 11 is 0. The van der Waals surface area contributed by atoms with Gasteiger partial charge >= 0.3 is 6.18 Å². The van der Waals surface area contributed by atoms with E-state index in [9.17, 15) is 13.2 Å². The highest BCUT2D eigenvalue weighted by Gasteiger charge is 2.31. The first kappa shape index (κ1) is 24.0. The van der Waals surface area contributed by atoms with E-state index < -0.39 is 17.8 Å². The lowest BCUT2D eigenvalue weighted by molar-refractivity contribution is -0.137. The van der Waals surface area contributed by atoms with Crippen LogP contribution in [0.15, 0.2) is 30.5 Å². The van der Waals surface area contributed by atoms with Crippen LogP contribution in [0.2, 0.25) is 0 Å². The lowest BCUT2D eigenvalue weighted by atomic mass is 9.93. The summed E-state index contributed by atoms with van der Waals surface area (Å²) < 4.78 is 40.0. The van der Waals surface area contributed by atoms with E-state index in [4.69, 9.17) is 5.73 Å². The Hall–Kier alpha value is -3.14. The van der Waals surface area contributed by atoms with Crippen molar-refractivity contribution < 1.29 is 13.2 Å². The van der Waals surface area contributed by atoms with Gasteiger partial charge in [-0.25, -0.2) is 4.98 Å². The minimum Gasteiger partial charge on any atom is -0.399 e. The van der Waals surface area contributed by atoms with Gasteiger partial charge in [0, 0.05) is 36.8 Å². The lowest BCUT2D eigenvalue weighted by Gasteiger charge is -2.28. The van der Waals surface area contributed by atoms with Crippen molar-refractivity contribution in [3.05, 3.63) is 47.3 Å². The van der Waals surface area contributed by atoms with Crippen LogP contribution in [0.1, 0.15) is 48.5 Å². The molecule has 3 aromatic rings. The molecule has 0 saturated carbocycles. The lowest BCUT2D eigenvalue weighted by Crippen LogP contribution is -2.29. The number of halogens is 3. The molecule has 1 unspecified atom stereocenters. The van der Waals surface area contributed by atoms with Gasteiger partial charge in [-0.05, 0) is 69.7 Å². The van der Waals surface area contributed by atoms with Gasteiger partial charge < -0.3 is 20.9 Å². The molecule has 4 rings (SSSR count). The average Bonchev–Trinajstić information content (AvgIpc) is 2.78. The minimum absolute atomic E-state index is 0.0637. The number of nitrogen functional groups attached to an aromatic ring is 1. The highest BCUT2D eigenvalue weighted by molar-refractivity contribution is 5.90. The van der Waals surface area contributed by atoms with E-state index >= 15 is 0 Å². The SMILES string of the molecule is CC(Nc1nc(N(C)C)nc2cnc(C3CCN(C)CC3)cc12)c1cc(N)cc(C(F)(F)F)c1. The van der Waals surface area contributed by atoms with E-state index in [0.29, 0.717) is 28.8 Å². The van der Waals surface area contributed by atoms with Crippen molar-refractivity contribution in [2.24, 2.45) is 0 Å². The molecule has 7 nitrogen and oxygen atoms in total. The summed E-state index contributed by atoms with van der Waals surface area (Å²) in [7, 11) is 5.79. The van der Waals surface area contributed by atoms with Gasteiger partial charge in [-0.3, -0.25) is 4.98 Å². The molecular weight excluding hydrogens is 443 g/mol. The zero-order chi connectivity index (χ0) is 24.6. The van der Waals surface area contributed by atoms with Crippen LogP contribution in [-0.4, -0.2) is 54.1 Å². The number of alkyl halides is 3. The molecule has 0 aliphatic carbocycles. The molecule has 0 amide bonds. The smallest absolute Gasteiger partial charge is 0.399 e. The second kappa shape index (κ2) is 9.25. The Bertz CT molecular complexity index is 1170. The molecule has 1 aliphatic rings. The standard InChI is InChI=1S/C24H30F3N7/c1-14(16-9-17(24(25,26)27)11-18(28)10-16)30-22-19-12-20(15-5-7-34(4)8-6-15)29-13-21(19)31-23(32-22)33(2)3/h9-15H,5-8,28H2,1-4H3,(H,30,31,32). The molecule has 0 spiro atoms. The fourth-order valence-corrected chi connectivity index (χ4v) is 4.25. The minimum atomic E-state index is -4.47. The maximum absolute atomic E-state index is 13.3. The van der Waals surface area contributed by atoms with Crippen LogP contribution < -0.4 is 16.0 Å². The molecule has 1 saturated heterocycles. The number of hydrogen-bond acceptors (Lipinski definition) is 7. The Balaban J connectivity index is 1.72. The van der Waals surface area contributed by atoms with Crippen LogP contribution in [0.5, 0.6) is 0 Å². The first-order valence-electron chi connectivity index (χ1n) is 11.3. The molecule has 0 bridgehead atoms. The van der Waals surface area contributed by atoms with Crippen molar-refractivity contribution in [3.63, 3.8) is 0 Å². The van der Waals surface area contributed by atoms with Crippen LogP contribution in [0.3, 0.4) is 0 Å². The third-order valence-electron chi connectivity index (χ3n) is 6.29. The van der Waals surface area contributed by atoms with Crippen molar-refractivity contribution in [2.45, 2.75) is 37.9 Å². The number of benzene rings is 1. The third-order valence-corrected chi connectivity index (χ3v) is 6.29. The largest absolute Gasteiger partial charge is 0.416 e. The number of aromatic nitrogens is 3. The molecule has 3 N–H and O–H groups in total. The predicted molar refractivity (Wildman–Crippen MR) is 129 cm³/mol. The van der Waals surface area contributed by atoms with E-state index in [-0.39, 0.29) is 5.69 Å². The second-order valence-corrected chi connectivity index (χ2v) is 9.22. The van der Waals surface area contributed by atoms with Crippen LogP contribution in [0.4, 0.5) is 30.6 Å². The van der Waals surface area contributed by atoms with Gasteiger partial charge in [0.05, 0.1) is 23.3 Å².